The van der Waals surface area contributed by atoms with Crippen molar-refractivity contribution in [3.63, 3.8) is 0 Å². The second kappa shape index (κ2) is 6.26. The number of benzene rings is 1. The van der Waals surface area contributed by atoms with E-state index in [0.717, 1.165) is 11.0 Å². The number of nitrogens with one attached hydrogen (secondary N) is 1. The maximum atomic E-state index is 5.48. The summed E-state index contributed by atoms with van der Waals surface area (Å²) < 4.78 is 6.57. The minimum absolute atomic E-state index is 0.1000. The summed E-state index contributed by atoms with van der Waals surface area (Å²) in [6.07, 6.45) is 0.1000. The molecule has 84 valence electrons. The molecule has 1 aromatic carbocycles. The lowest BCUT2D eigenvalue weighted by atomic mass is 10.1. The number of methoxy groups -OCH3 is 1. The Morgan fingerprint density at radius 2 is 2.00 bits per heavy atom. The summed E-state index contributed by atoms with van der Waals surface area (Å²) in [6.45, 7) is 5.09. The zero-order valence-corrected chi connectivity index (χ0v) is 11.0. The van der Waals surface area contributed by atoms with Gasteiger partial charge in [0.2, 0.25) is 0 Å². The first-order valence-corrected chi connectivity index (χ1v) is 5.95. The largest absolute Gasteiger partial charge is 0.375 e. The second-order valence-corrected chi connectivity index (χ2v) is 4.66. The molecule has 1 aromatic rings. The topological polar surface area (TPSA) is 21.3 Å². The average Bonchev–Trinajstić information content (AvgIpc) is 2.21. The number of halogens is 1. The number of hydrogen-bond acceptors (Lipinski definition) is 2. The Morgan fingerprint density at radius 1 is 1.33 bits per heavy atom. The van der Waals surface area contributed by atoms with Gasteiger partial charge in [0, 0.05) is 24.2 Å². The van der Waals surface area contributed by atoms with Crippen LogP contribution in [-0.2, 0) is 4.74 Å². The first-order chi connectivity index (χ1) is 7.15. The van der Waals surface area contributed by atoms with Gasteiger partial charge in [-0.1, -0.05) is 48.0 Å². The van der Waals surface area contributed by atoms with Gasteiger partial charge in [0.25, 0.3) is 0 Å². The molecule has 2 nitrogen and oxygen atoms in total. The summed E-state index contributed by atoms with van der Waals surface area (Å²) in [7, 11) is 1.74. The molecule has 0 amide bonds. The summed E-state index contributed by atoms with van der Waals surface area (Å²) in [4.78, 5) is 0. The van der Waals surface area contributed by atoms with E-state index >= 15 is 0 Å². The van der Waals surface area contributed by atoms with Crippen molar-refractivity contribution in [2.24, 2.45) is 0 Å². The maximum absolute atomic E-state index is 5.48. The third-order valence-electron chi connectivity index (χ3n) is 2.25. The lowest BCUT2D eigenvalue weighted by Crippen LogP contribution is -2.28. The summed E-state index contributed by atoms with van der Waals surface area (Å²) in [5.41, 5.74) is 1.19. The van der Waals surface area contributed by atoms with Crippen molar-refractivity contribution in [3.05, 3.63) is 34.3 Å². The maximum Gasteiger partial charge on any atom is 0.0956 e. The number of hydrogen-bond donors (Lipinski definition) is 1. The third-order valence-corrected chi connectivity index (χ3v) is 2.97. The third kappa shape index (κ3) is 3.93. The zero-order valence-electron chi connectivity index (χ0n) is 9.46. The predicted molar refractivity (Wildman–Crippen MR) is 67.0 cm³/mol. The Labute approximate surface area is 100 Å². The van der Waals surface area contributed by atoms with Gasteiger partial charge >= 0.3 is 0 Å². The molecule has 0 radical (unpaired) electrons. The van der Waals surface area contributed by atoms with Crippen LogP contribution in [0.5, 0.6) is 0 Å². The Morgan fingerprint density at radius 3 is 2.53 bits per heavy atom. The first kappa shape index (κ1) is 12.7. The zero-order chi connectivity index (χ0) is 11.3. The van der Waals surface area contributed by atoms with Gasteiger partial charge in [0.1, 0.15) is 0 Å². The second-order valence-electron chi connectivity index (χ2n) is 3.81. The lowest BCUT2D eigenvalue weighted by Gasteiger charge is -2.19. The minimum Gasteiger partial charge on any atom is -0.375 e. The molecule has 0 saturated carbocycles. The van der Waals surface area contributed by atoms with Crippen LogP contribution in [-0.4, -0.2) is 19.7 Å². The van der Waals surface area contributed by atoms with Gasteiger partial charge in [-0.05, 0) is 11.6 Å². The van der Waals surface area contributed by atoms with Gasteiger partial charge in [-0.2, -0.15) is 0 Å². The van der Waals surface area contributed by atoms with E-state index < -0.39 is 0 Å². The van der Waals surface area contributed by atoms with E-state index in [-0.39, 0.29) is 6.10 Å². The van der Waals surface area contributed by atoms with Gasteiger partial charge in [-0.3, -0.25) is 0 Å². The molecule has 1 unspecified atom stereocenters. The standard InChI is InChI=1S/C12H18BrNO/c1-9(2)14-8-12(15-3)10-6-4-5-7-11(10)13/h4-7,9,12,14H,8H2,1-3H3. The minimum atomic E-state index is 0.1000. The van der Waals surface area contributed by atoms with Crippen molar-refractivity contribution in [2.75, 3.05) is 13.7 Å². The summed E-state index contributed by atoms with van der Waals surface area (Å²) >= 11 is 3.54. The van der Waals surface area contributed by atoms with Crippen LogP contribution in [0.1, 0.15) is 25.5 Å². The van der Waals surface area contributed by atoms with Crippen molar-refractivity contribution < 1.29 is 4.74 Å². The van der Waals surface area contributed by atoms with Crippen molar-refractivity contribution >= 4 is 15.9 Å². The van der Waals surface area contributed by atoms with E-state index in [9.17, 15) is 0 Å². The van der Waals surface area contributed by atoms with Crippen molar-refractivity contribution in [3.8, 4) is 0 Å². The highest BCUT2D eigenvalue weighted by molar-refractivity contribution is 9.10. The molecule has 0 saturated heterocycles. The quantitative estimate of drug-likeness (QED) is 0.889. The van der Waals surface area contributed by atoms with Gasteiger partial charge in [-0.15, -0.1) is 0 Å². The Hall–Kier alpha value is -0.380. The van der Waals surface area contributed by atoms with Crippen molar-refractivity contribution in [1.82, 2.24) is 5.32 Å². The van der Waals surface area contributed by atoms with Crippen LogP contribution in [0.3, 0.4) is 0 Å². The summed E-state index contributed by atoms with van der Waals surface area (Å²) in [5.74, 6) is 0. The van der Waals surface area contributed by atoms with Gasteiger partial charge < -0.3 is 10.1 Å². The Kier molecular flexibility index (Phi) is 5.29. The molecule has 0 fully saturated rings. The molecule has 0 aliphatic rings. The van der Waals surface area contributed by atoms with Crippen LogP contribution in [0.4, 0.5) is 0 Å². The van der Waals surface area contributed by atoms with Gasteiger partial charge in [-0.25, -0.2) is 0 Å². The number of ether oxygens (including phenoxy) is 1. The molecule has 3 heteroatoms. The van der Waals surface area contributed by atoms with Gasteiger partial charge in [0.15, 0.2) is 0 Å². The van der Waals surface area contributed by atoms with E-state index in [0.29, 0.717) is 6.04 Å². The predicted octanol–water partition coefficient (Wildman–Crippen LogP) is 3.13. The van der Waals surface area contributed by atoms with Crippen LogP contribution in [0.25, 0.3) is 0 Å². The fourth-order valence-electron chi connectivity index (χ4n) is 1.40. The smallest absolute Gasteiger partial charge is 0.0956 e. The number of rotatable bonds is 5. The fourth-order valence-corrected chi connectivity index (χ4v) is 1.94. The van der Waals surface area contributed by atoms with E-state index in [4.69, 9.17) is 4.74 Å². The molecule has 0 bridgehead atoms. The molecule has 0 heterocycles. The monoisotopic (exact) mass is 271 g/mol. The SMILES string of the molecule is COC(CNC(C)C)c1ccccc1Br. The molecule has 0 aliphatic carbocycles. The van der Waals surface area contributed by atoms with Crippen LogP contribution < -0.4 is 5.32 Å². The summed E-state index contributed by atoms with van der Waals surface area (Å²) in [5, 5.41) is 3.38. The van der Waals surface area contributed by atoms with Crippen LogP contribution in [0, 0.1) is 0 Å². The van der Waals surface area contributed by atoms with Crippen LogP contribution >= 0.6 is 15.9 Å². The van der Waals surface area contributed by atoms with E-state index in [1.165, 1.54) is 5.56 Å². The highest BCUT2D eigenvalue weighted by atomic mass is 79.9. The normalized spacial score (nSPS) is 13.1. The fraction of sp³-hybridized carbons (Fsp3) is 0.500. The van der Waals surface area contributed by atoms with Crippen molar-refractivity contribution in [1.29, 1.82) is 0 Å². The van der Waals surface area contributed by atoms with Crippen molar-refractivity contribution in [2.45, 2.75) is 26.0 Å². The molecule has 15 heavy (non-hydrogen) atoms. The molecule has 1 atom stereocenters. The lowest BCUT2D eigenvalue weighted by molar-refractivity contribution is 0.0999. The Balaban J connectivity index is 2.70. The van der Waals surface area contributed by atoms with E-state index in [1.54, 1.807) is 7.11 Å². The van der Waals surface area contributed by atoms with Crippen LogP contribution in [0.2, 0.25) is 0 Å². The highest BCUT2D eigenvalue weighted by Crippen LogP contribution is 2.24. The average molecular weight is 272 g/mol. The van der Waals surface area contributed by atoms with E-state index in [2.05, 4.69) is 41.2 Å². The molecule has 1 N–H and O–H groups in total. The van der Waals surface area contributed by atoms with Crippen LogP contribution in [0.15, 0.2) is 28.7 Å². The highest BCUT2D eigenvalue weighted by Gasteiger charge is 2.13. The molecule has 0 spiro atoms. The first-order valence-electron chi connectivity index (χ1n) is 5.15. The molecular formula is C12H18BrNO. The molecule has 0 aliphatic heterocycles. The summed E-state index contributed by atoms with van der Waals surface area (Å²) in [6, 6.07) is 8.64. The van der Waals surface area contributed by atoms with E-state index in [1.807, 2.05) is 18.2 Å². The van der Waals surface area contributed by atoms with Gasteiger partial charge in [0.05, 0.1) is 6.10 Å². The molecule has 0 aromatic heterocycles. The molecule has 1 rings (SSSR count). The Bertz CT molecular complexity index is 301. The molecular weight excluding hydrogens is 254 g/mol.